The Balaban J connectivity index is 2.14. The fourth-order valence-electron chi connectivity index (χ4n) is 1.36. The first-order chi connectivity index (χ1) is 8.18. The van der Waals surface area contributed by atoms with Gasteiger partial charge in [-0.2, -0.15) is 5.10 Å². The number of amidine groups is 1. The molecule has 88 valence electrons. The summed E-state index contributed by atoms with van der Waals surface area (Å²) in [5, 5.41) is 12.3. The van der Waals surface area contributed by atoms with Gasteiger partial charge < -0.3 is 5.73 Å². The van der Waals surface area contributed by atoms with Crippen molar-refractivity contribution in [2.45, 2.75) is 10.9 Å². The van der Waals surface area contributed by atoms with Crippen molar-refractivity contribution in [1.29, 1.82) is 5.41 Å². The van der Waals surface area contributed by atoms with Crippen molar-refractivity contribution in [2.24, 2.45) is 12.8 Å². The van der Waals surface area contributed by atoms with Gasteiger partial charge in [0.1, 0.15) is 17.9 Å². The Bertz CT molecular complexity index is 535. The summed E-state index contributed by atoms with van der Waals surface area (Å²) in [5.41, 5.74) is 6.93. The Morgan fingerprint density at radius 1 is 1.53 bits per heavy atom. The van der Waals surface area contributed by atoms with Crippen LogP contribution in [0.2, 0.25) is 0 Å². The van der Waals surface area contributed by atoms with Gasteiger partial charge in [0.15, 0.2) is 5.16 Å². The number of nitrogens with one attached hydrogen (secondary N) is 1. The van der Waals surface area contributed by atoms with Crippen LogP contribution in [0.15, 0.2) is 29.8 Å². The Morgan fingerprint density at radius 3 is 3.00 bits per heavy atom. The van der Waals surface area contributed by atoms with E-state index in [1.165, 1.54) is 18.1 Å². The van der Waals surface area contributed by atoms with Crippen LogP contribution in [0.1, 0.15) is 11.3 Å². The van der Waals surface area contributed by atoms with Crippen LogP contribution < -0.4 is 5.73 Å². The zero-order valence-electron chi connectivity index (χ0n) is 9.29. The maximum Gasteiger partial charge on any atom is 0.186 e. The van der Waals surface area contributed by atoms with E-state index in [2.05, 4.69) is 15.1 Å². The molecule has 2 aromatic heterocycles. The number of thioether (sulfide) groups is 1. The van der Waals surface area contributed by atoms with E-state index < -0.39 is 0 Å². The molecular weight excluding hydrogens is 236 g/mol. The van der Waals surface area contributed by atoms with E-state index >= 15 is 0 Å². The zero-order chi connectivity index (χ0) is 12.3. The molecule has 6 nitrogen and oxygen atoms in total. The number of aryl methyl sites for hydroxylation is 1. The van der Waals surface area contributed by atoms with Crippen LogP contribution in [0.5, 0.6) is 0 Å². The average Bonchev–Trinajstić information content (AvgIpc) is 2.72. The average molecular weight is 248 g/mol. The van der Waals surface area contributed by atoms with E-state index in [0.717, 1.165) is 10.7 Å². The highest BCUT2D eigenvalue weighted by Gasteiger charge is 2.08. The SMILES string of the molecule is Cn1ncnc1SCc1cccnc1C(=N)N. The second kappa shape index (κ2) is 4.96. The van der Waals surface area contributed by atoms with Crippen LogP contribution in [-0.2, 0) is 12.8 Å². The molecule has 0 aliphatic rings. The molecule has 0 unspecified atom stereocenters. The molecule has 0 spiro atoms. The second-order valence-electron chi connectivity index (χ2n) is 3.38. The first-order valence-electron chi connectivity index (χ1n) is 4.93. The van der Waals surface area contributed by atoms with Crippen LogP contribution in [0.3, 0.4) is 0 Å². The van der Waals surface area contributed by atoms with Crippen LogP contribution in [0.25, 0.3) is 0 Å². The minimum Gasteiger partial charge on any atom is -0.382 e. The molecule has 0 radical (unpaired) electrons. The maximum absolute atomic E-state index is 7.44. The van der Waals surface area contributed by atoms with Gasteiger partial charge in [0, 0.05) is 19.0 Å². The Labute approximate surface area is 103 Å². The fraction of sp³-hybridized carbons (Fsp3) is 0.200. The van der Waals surface area contributed by atoms with Crippen LogP contribution >= 0.6 is 11.8 Å². The van der Waals surface area contributed by atoms with Gasteiger partial charge in [-0.25, -0.2) is 9.67 Å². The highest BCUT2D eigenvalue weighted by Crippen LogP contribution is 2.20. The molecule has 17 heavy (non-hydrogen) atoms. The van der Waals surface area contributed by atoms with Crippen molar-refractivity contribution in [2.75, 3.05) is 0 Å². The number of rotatable bonds is 4. The number of nitrogen functional groups attached to an aromatic ring is 1. The van der Waals surface area contributed by atoms with Gasteiger partial charge >= 0.3 is 0 Å². The third-order valence-electron chi connectivity index (χ3n) is 2.17. The predicted molar refractivity (Wildman–Crippen MR) is 65.8 cm³/mol. The minimum atomic E-state index is -0.0147. The summed E-state index contributed by atoms with van der Waals surface area (Å²) < 4.78 is 1.70. The topological polar surface area (TPSA) is 93.5 Å². The van der Waals surface area contributed by atoms with Crippen LogP contribution in [-0.4, -0.2) is 25.6 Å². The summed E-state index contributed by atoms with van der Waals surface area (Å²) in [6.07, 6.45) is 3.14. The molecule has 0 aromatic carbocycles. The molecule has 3 N–H and O–H groups in total. The van der Waals surface area contributed by atoms with Gasteiger partial charge in [0.05, 0.1) is 0 Å². The summed E-state index contributed by atoms with van der Waals surface area (Å²) in [4.78, 5) is 8.21. The standard InChI is InChI=1S/C10H12N6S/c1-16-10(14-6-15-16)17-5-7-3-2-4-13-8(7)9(11)12/h2-4,6H,5H2,1H3,(H3,11,12). The molecule has 2 heterocycles. The third-order valence-corrected chi connectivity index (χ3v) is 3.26. The number of aromatic nitrogens is 4. The predicted octanol–water partition coefficient (Wildman–Crippen LogP) is 0.786. The molecule has 7 heteroatoms. The number of pyridine rings is 1. The quantitative estimate of drug-likeness (QED) is 0.474. The van der Waals surface area contributed by atoms with Crippen LogP contribution in [0, 0.1) is 5.41 Å². The van der Waals surface area contributed by atoms with Gasteiger partial charge in [-0.3, -0.25) is 10.4 Å². The highest BCUT2D eigenvalue weighted by molar-refractivity contribution is 7.98. The first-order valence-corrected chi connectivity index (χ1v) is 5.92. The van der Waals surface area contributed by atoms with Crippen molar-refractivity contribution in [1.82, 2.24) is 19.7 Å². The lowest BCUT2D eigenvalue weighted by Gasteiger charge is -2.05. The summed E-state index contributed by atoms with van der Waals surface area (Å²) in [5.74, 6) is 0.647. The van der Waals surface area contributed by atoms with Gasteiger partial charge in [-0.1, -0.05) is 17.8 Å². The van der Waals surface area contributed by atoms with E-state index in [4.69, 9.17) is 11.1 Å². The van der Waals surface area contributed by atoms with E-state index in [0.29, 0.717) is 11.4 Å². The van der Waals surface area contributed by atoms with E-state index in [1.54, 1.807) is 10.9 Å². The number of nitrogens with two attached hydrogens (primary N) is 1. The highest BCUT2D eigenvalue weighted by atomic mass is 32.2. The molecule has 0 aliphatic heterocycles. The molecule has 0 bridgehead atoms. The van der Waals surface area contributed by atoms with Crippen molar-refractivity contribution in [3.05, 3.63) is 35.9 Å². The van der Waals surface area contributed by atoms with Gasteiger partial charge in [0.2, 0.25) is 0 Å². The Hall–Kier alpha value is -1.89. The van der Waals surface area contributed by atoms with E-state index in [1.807, 2.05) is 19.2 Å². The number of hydrogen-bond donors (Lipinski definition) is 2. The molecule has 2 rings (SSSR count). The van der Waals surface area contributed by atoms with Gasteiger partial charge in [-0.15, -0.1) is 0 Å². The monoisotopic (exact) mass is 248 g/mol. The molecule has 0 saturated heterocycles. The smallest absolute Gasteiger partial charge is 0.186 e. The van der Waals surface area contributed by atoms with Gasteiger partial charge in [0.25, 0.3) is 0 Å². The third kappa shape index (κ3) is 2.62. The van der Waals surface area contributed by atoms with Crippen molar-refractivity contribution >= 4 is 17.6 Å². The lowest BCUT2D eigenvalue weighted by Crippen LogP contribution is -2.15. The van der Waals surface area contributed by atoms with Crippen LogP contribution in [0.4, 0.5) is 0 Å². The van der Waals surface area contributed by atoms with E-state index in [-0.39, 0.29) is 5.84 Å². The normalized spacial score (nSPS) is 10.4. The van der Waals surface area contributed by atoms with Gasteiger partial charge in [-0.05, 0) is 11.6 Å². The van der Waals surface area contributed by atoms with Crippen molar-refractivity contribution in [3.63, 3.8) is 0 Å². The first kappa shape index (κ1) is 11.6. The zero-order valence-corrected chi connectivity index (χ0v) is 10.1. The number of nitrogens with zero attached hydrogens (tertiary/aromatic N) is 4. The van der Waals surface area contributed by atoms with Crippen molar-refractivity contribution < 1.29 is 0 Å². The van der Waals surface area contributed by atoms with Crippen molar-refractivity contribution in [3.8, 4) is 0 Å². The molecule has 0 saturated carbocycles. The molecule has 0 amide bonds. The number of hydrogen-bond acceptors (Lipinski definition) is 5. The molecule has 0 aliphatic carbocycles. The molecular formula is C10H12N6S. The molecule has 0 fully saturated rings. The summed E-state index contributed by atoms with van der Waals surface area (Å²) in [7, 11) is 1.84. The molecule has 2 aromatic rings. The summed E-state index contributed by atoms with van der Waals surface area (Å²) in [6, 6.07) is 3.74. The molecule has 0 atom stereocenters. The Morgan fingerprint density at radius 2 is 2.35 bits per heavy atom. The minimum absolute atomic E-state index is 0.0147. The Kier molecular flexibility index (Phi) is 3.38. The largest absolute Gasteiger partial charge is 0.382 e. The van der Waals surface area contributed by atoms with E-state index in [9.17, 15) is 0 Å². The lowest BCUT2D eigenvalue weighted by atomic mass is 10.2. The summed E-state index contributed by atoms with van der Waals surface area (Å²) >= 11 is 1.54. The second-order valence-corrected chi connectivity index (χ2v) is 4.32. The lowest BCUT2D eigenvalue weighted by molar-refractivity contribution is 0.685. The summed E-state index contributed by atoms with van der Waals surface area (Å²) in [6.45, 7) is 0. The maximum atomic E-state index is 7.44. The fourth-order valence-corrected chi connectivity index (χ4v) is 2.23.